The van der Waals surface area contributed by atoms with Gasteiger partial charge in [-0.15, -0.1) is 0 Å². The third-order valence-electron chi connectivity index (χ3n) is 6.50. The van der Waals surface area contributed by atoms with Crippen molar-refractivity contribution < 1.29 is 4.79 Å². The Bertz CT molecular complexity index is 455. The van der Waals surface area contributed by atoms with Gasteiger partial charge in [0.15, 0.2) is 0 Å². The lowest BCUT2D eigenvalue weighted by Gasteiger charge is -2.19. The normalized spacial score (nSPS) is 20.5. The van der Waals surface area contributed by atoms with Crippen molar-refractivity contribution in [1.29, 1.82) is 0 Å². The standard InChI is InChI=1S/C28H56N4O/c1-2-3-4-5-6-7-8-9-10-11-12-13-14-19-27-26-28(33)32-25-18-23-30-21-16-15-20-29-22-17-24-31-27/h4-5,27,29-31H,2-3,6-26H2,1H3,(H,32,33)/t27-/m1/s1. The zero-order valence-corrected chi connectivity index (χ0v) is 21.9. The Morgan fingerprint density at radius 1 is 0.697 bits per heavy atom. The highest BCUT2D eigenvalue weighted by atomic mass is 16.1. The molecule has 5 nitrogen and oxygen atoms in total. The van der Waals surface area contributed by atoms with Crippen molar-refractivity contribution in [1.82, 2.24) is 21.3 Å². The van der Waals surface area contributed by atoms with E-state index in [0.717, 1.165) is 58.5 Å². The summed E-state index contributed by atoms with van der Waals surface area (Å²) in [5, 5.41) is 13.8. The van der Waals surface area contributed by atoms with Gasteiger partial charge in [0.2, 0.25) is 5.91 Å². The predicted molar refractivity (Wildman–Crippen MR) is 144 cm³/mol. The summed E-state index contributed by atoms with van der Waals surface area (Å²) in [4.78, 5) is 12.4. The molecule has 1 amide bonds. The molecular formula is C28H56N4O. The van der Waals surface area contributed by atoms with Crippen LogP contribution in [0.2, 0.25) is 0 Å². The average molecular weight is 465 g/mol. The van der Waals surface area contributed by atoms with Crippen LogP contribution in [0.15, 0.2) is 12.2 Å². The predicted octanol–water partition coefficient (Wildman–Crippen LogP) is 5.46. The van der Waals surface area contributed by atoms with Gasteiger partial charge in [0.25, 0.3) is 0 Å². The highest BCUT2D eigenvalue weighted by Crippen LogP contribution is 2.13. The topological polar surface area (TPSA) is 65.2 Å². The molecule has 0 unspecified atom stereocenters. The molecule has 1 saturated heterocycles. The molecule has 1 rings (SSSR count). The maximum absolute atomic E-state index is 12.4. The summed E-state index contributed by atoms with van der Waals surface area (Å²) in [5.41, 5.74) is 0. The molecule has 1 atom stereocenters. The summed E-state index contributed by atoms with van der Waals surface area (Å²) in [6.45, 7) is 8.27. The van der Waals surface area contributed by atoms with Gasteiger partial charge in [-0.05, 0) is 84.1 Å². The number of rotatable bonds is 13. The van der Waals surface area contributed by atoms with E-state index in [9.17, 15) is 4.79 Å². The third kappa shape index (κ3) is 21.4. The highest BCUT2D eigenvalue weighted by molar-refractivity contribution is 5.76. The number of carbonyl (C=O) groups excluding carboxylic acids is 1. The quantitative estimate of drug-likeness (QED) is 0.216. The van der Waals surface area contributed by atoms with E-state index in [1.807, 2.05) is 0 Å². The first-order valence-corrected chi connectivity index (χ1v) is 14.4. The summed E-state index contributed by atoms with van der Waals surface area (Å²) < 4.78 is 0. The zero-order chi connectivity index (χ0) is 23.7. The van der Waals surface area contributed by atoms with Crippen LogP contribution in [0.5, 0.6) is 0 Å². The van der Waals surface area contributed by atoms with Crippen molar-refractivity contribution in [3.05, 3.63) is 12.2 Å². The maximum Gasteiger partial charge on any atom is 0.221 e. The fourth-order valence-electron chi connectivity index (χ4n) is 4.40. The van der Waals surface area contributed by atoms with E-state index in [0.29, 0.717) is 12.5 Å². The molecule has 0 aromatic carbocycles. The fourth-order valence-corrected chi connectivity index (χ4v) is 4.40. The lowest BCUT2D eigenvalue weighted by molar-refractivity contribution is -0.121. The molecule has 1 heterocycles. The van der Waals surface area contributed by atoms with E-state index in [1.54, 1.807) is 0 Å². The van der Waals surface area contributed by atoms with Crippen molar-refractivity contribution in [3.8, 4) is 0 Å². The van der Waals surface area contributed by atoms with Crippen LogP contribution in [0, 0.1) is 0 Å². The molecule has 1 fully saturated rings. The summed E-state index contributed by atoms with van der Waals surface area (Å²) in [5.74, 6) is 0.208. The van der Waals surface area contributed by atoms with Gasteiger partial charge in [-0.3, -0.25) is 4.79 Å². The Balaban J connectivity index is 2.12. The van der Waals surface area contributed by atoms with Crippen LogP contribution in [-0.2, 0) is 4.79 Å². The molecule has 0 spiro atoms. The Morgan fingerprint density at radius 2 is 1.27 bits per heavy atom. The number of hydrogen-bond acceptors (Lipinski definition) is 4. The lowest BCUT2D eigenvalue weighted by atomic mass is 10.0. The van der Waals surface area contributed by atoms with Crippen molar-refractivity contribution >= 4 is 5.91 Å². The van der Waals surface area contributed by atoms with Crippen LogP contribution in [0.25, 0.3) is 0 Å². The highest BCUT2D eigenvalue weighted by Gasteiger charge is 2.13. The van der Waals surface area contributed by atoms with Crippen LogP contribution in [-0.4, -0.2) is 51.2 Å². The molecule has 33 heavy (non-hydrogen) atoms. The first kappa shape index (κ1) is 30.1. The van der Waals surface area contributed by atoms with Gasteiger partial charge in [0, 0.05) is 19.0 Å². The fraction of sp³-hybridized carbons (Fsp3) is 0.893. The minimum atomic E-state index is 0.208. The molecule has 4 N–H and O–H groups in total. The van der Waals surface area contributed by atoms with E-state index < -0.39 is 0 Å². The second-order valence-electron chi connectivity index (χ2n) is 9.79. The third-order valence-corrected chi connectivity index (χ3v) is 6.50. The summed E-state index contributed by atoms with van der Waals surface area (Å²) >= 11 is 0. The molecule has 0 aliphatic carbocycles. The zero-order valence-electron chi connectivity index (χ0n) is 21.9. The smallest absolute Gasteiger partial charge is 0.221 e. The van der Waals surface area contributed by atoms with Crippen molar-refractivity contribution in [2.75, 3.05) is 39.3 Å². The second-order valence-corrected chi connectivity index (χ2v) is 9.79. The maximum atomic E-state index is 12.4. The lowest BCUT2D eigenvalue weighted by Crippen LogP contribution is -2.37. The van der Waals surface area contributed by atoms with E-state index >= 15 is 0 Å². The summed E-state index contributed by atoms with van der Waals surface area (Å²) in [6, 6.07) is 0.319. The second kappa shape index (κ2) is 24.2. The molecule has 1 aliphatic heterocycles. The number of amides is 1. The molecule has 0 aromatic rings. The van der Waals surface area contributed by atoms with Gasteiger partial charge >= 0.3 is 0 Å². The van der Waals surface area contributed by atoms with Gasteiger partial charge in [0.05, 0.1) is 0 Å². The van der Waals surface area contributed by atoms with Gasteiger partial charge in [-0.2, -0.15) is 0 Å². The minimum absolute atomic E-state index is 0.208. The number of allylic oxidation sites excluding steroid dienone is 2. The molecule has 194 valence electrons. The summed E-state index contributed by atoms with van der Waals surface area (Å²) in [7, 11) is 0. The molecule has 1 aliphatic rings. The average Bonchev–Trinajstić information content (AvgIpc) is 2.81. The molecule has 5 heteroatoms. The van der Waals surface area contributed by atoms with Gasteiger partial charge in [-0.1, -0.05) is 70.4 Å². The van der Waals surface area contributed by atoms with Gasteiger partial charge in [0.1, 0.15) is 0 Å². The van der Waals surface area contributed by atoms with Crippen molar-refractivity contribution in [2.24, 2.45) is 0 Å². The minimum Gasteiger partial charge on any atom is -0.356 e. The molecule has 0 saturated carbocycles. The van der Waals surface area contributed by atoms with Crippen LogP contribution in [0.1, 0.15) is 116 Å². The molecule has 0 radical (unpaired) electrons. The van der Waals surface area contributed by atoms with Crippen molar-refractivity contribution in [2.45, 2.75) is 122 Å². The van der Waals surface area contributed by atoms with Crippen LogP contribution in [0.4, 0.5) is 0 Å². The molecular weight excluding hydrogens is 408 g/mol. The number of nitrogens with one attached hydrogen (secondary N) is 4. The Morgan fingerprint density at radius 3 is 1.97 bits per heavy atom. The molecule has 0 bridgehead atoms. The van der Waals surface area contributed by atoms with Crippen LogP contribution >= 0.6 is 0 Å². The van der Waals surface area contributed by atoms with Gasteiger partial charge < -0.3 is 21.3 Å². The Kier molecular flexibility index (Phi) is 22.1. The van der Waals surface area contributed by atoms with E-state index in [-0.39, 0.29) is 5.91 Å². The largest absolute Gasteiger partial charge is 0.356 e. The Labute approximate surface area is 205 Å². The van der Waals surface area contributed by atoms with Crippen molar-refractivity contribution in [3.63, 3.8) is 0 Å². The molecule has 0 aromatic heterocycles. The summed E-state index contributed by atoms with van der Waals surface area (Å²) in [6.07, 6.45) is 25.5. The van der Waals surface area contributed by atoms with Crippen LogP contribution in [0.3, 0.4) is 0 Å². The number of hydrogen-bond donors (Lipinski definition) is 4. The van der Waals surface area contributed by atoms with E-state index in [4.69, 9.17) is 0 Å². The Hall–Kier alpha value is -0.910. The first-order chi connectivity index (χ1) is 16.3. The van der Waals surface area contributed by atoms with E-state index in [2.05, 4.69) is 40.3 Å². The monoisotopic (exact) mass is 464 g/mol. The number of unbranched alkanes of at least 4 members (excludes halogenated alkanes) is 9. The van der Waals surface area contributed by atoms with E-state index in [1.165, 1.54) is 83.5 Å². The number of carbonyl (C=O) groups is 1. The van der Waals surface area contributed by atoms with Crippen LogP contribution < -0.4 is 21.3 Å². The SMILES string of the molecule is CCCC=CCCCCCCCCCC[C@@H]1CC(=O)NCCCNCCCCNCCCN1. The first-order valence-electron chi connectivity index (χ1n) is 14.4. The van der Waals surface area contributed by atoms with Gasteiger partial charge in [-0.25, -0.2) is 0 Å².